The van der Waals surface area contributed by atoms with Crippen molar-refractivity contribution >= 4 is 5.91 Å². The molecule has 5 heteroatoms. The zero-order chi connectivity index (χ0) is 12.2. The molecule has 16 heavy (non-hydrogen) atoms. The number of aromatic nitrogens is 2. The van der Waals surface area contributed by atoms with Gasteiger partial charge in [0.2, 0.25) is 5.91 Å². The molecule has 0 fully saturated rings. The summed E-state index contributed by atoms with van der Waals surface area (Å²) in [7, 11) is 1.85. The first kappa shape index (κ1) is 12.2. The first-order valence-corrected chi connectivity index (χ1v) is 5.14. The minimum Gasteiger partial charge on any atom is -0.354 e. The Bertz CT molecular complexity index is 414. The number of carbonyl (C=O) groups is 1. The molecule has 0 aliphatic rings. The number of nitrogens with one attached hydrogen (secondary N) is 1. The molecule has 0 radical (unpaired) electrons. The first-order valence-electron chi connectivity index (χ1n) is 5.14. The average Bonchev–Trinajstić information content (AvgIpc) is 2.64. The van der Waals surface area contributed by atoms with Gasteiger partial charge in [0.25, 0.3) is 0 Å². The van der Waals surface area contributed by atoms with Crippen molar-refractivity contribution in [2.24, 2.45) is 12.5 Å². The van der Waals surface area contributed by atoms with E-state index in [4.69, 9.17) is 5.26 Å². The summed E-state index contributed by atoms with van der Waals surface area (Å²) in [5.41, 5.74) is -0.0398. The predicted molar refractivity (Wildman–Crippen MR) is 59.3 cm³/mol. The lowest BCUT2D eigenvalue weighted by Crippen LogP contribution is -2.37. The Hall–Kier alpha value is -1.83. The summed E-state index contributed by atoms with van der Waals surface area (Å²) in [6.07, 6.45) is 2.53. The summed E-state index contributed by atoms with van der Waals surface area (Å²) in [5, 5.41) is 15.7. The lowest BCUT2D eigenvalue weighted by atomic mass is 9.95. The van der Waals surface area contributed by atoms with E-state index in [0.29, 0.717) is 13.0 Å². The molecule has 0 aromatic carbocycles. The molecule has 1 amide bonds. The van der Waals surface area contributed by atoms with E-state index in [0.717, 1.165) is 5.69 Å². The minimum absolute atomic E-state index is 0.245. The third-order valence-electron chi connectivity index (χ3n) is 2.28. The van der Waals surface area contributed by atoms with Crippen LogP contribution in [0.25, 0.3) is 0 Å². The average molecular weight is 220 g/mol. The summed E-state index contributed by atoms with van der Waals surface area (Å²) in [6, 6.07) is 3.87. The number of carbonyl (C=O) groups excluding carboxylic acids is 1. The highest BCUT2D eigenvalue weighted by Crippen LogP contribution is 2.12. The summed E-state index contributed by atoms with van der Waals surface area (Å²) in [5.74, 6) is -0.245. The molecule has 0 aliphatic heterocycles. The van der Waals surface area contributed by atoms with Crippen LogP contribution in [0.2, 0.25) is 0 Å². The second-order valence-corrected chi connectivity index (χ2v) is 4.22. The van der Waals surface area contributed by atoms with Crippen LogP contribution in [0.4, 0.5) is 0 Å². The van der Waals surface area contributed by atoms with Crippen molar-refractivity contribution in [2.45, 2.75) is 20.3 Å². The van der Waals surface area contributed by atoms with E-state index in [1.165, 1.54) is 0 Å². The number of hydrogen-bond acceptors (Lipinski definition) is 3. The summed E-state index contributed by atoms with van der Waals surface area (Å²) in [6.45, 7) is 3.70. The van der Waals surface area contributed by atoms with Gasteiger partial charge in [0.05, 0.1) is 11.8 Å². The number of hydrogen-bond donors (Lipinski definition) is 1. The monoisotopic (exact) mass is 220 g/mol. The summed E-state index contributed by atoms with van der Waals surface area (Å²) < 4.78 is 1.72. The Morgan fingerprint density at radius 2 is 2.38 bits per heavy atom. The Kier molecular flexibility index (Phi) is 3.67. The molecular formula is C11H16N4O. The molecule has 0 unspecified atom stereocenters. The van der Waals surface area contributed by atoms with E-state index < -0.39 is 5.41 Å². The zero-order valence-corrected chi connectivity index (χ0v) is 9.82. The Morgan fingerprint density at radius 3 is 2.88 bits per heavy atom. The molecule has 0 spiro atoms. The Morgan fingerprint density at radius 1 is 1.69 bits per heavy atom. The molecule has 0 bridgehead atoms. The van der Waals surface area contributed by atoms with Crippen molar-refractivity contribution in [3.63, 3.8) is 0 Å². The van der Waals surface area contributed by atoms with Gasteiger partial charge in [-0.15, -0.1) is 0 Å². The van der Waals surface area contributed by atoms with Crippen LogP contribution in [-0.4, -0.2) is 22.2 Å². The molecular weight excluding hydrogens is 204 g/mol. The van der Waals surface area contributed by atoms with Crippen LogP contribution in [0, 0.1) is 16.7 Å². The molecule has 0 saturated heterocycles. The van der Waals surface area contributed by atoms with Gasteiger partial charge in [-0.25, -0.2) is 0 Å². The predicted octanol–water partition coefficient (Wildman–Crippen LogP) is 0.629. The third kappa shape index (κ3) is 3.09. The lowest BCUT2D eigenvalue weighted by molar-refractivity contribution is -0.126. The van der Waals surface area contributed by atoms with E-state index in [2.05, 4.69) is 10.4 Å². The number of nitrogens with zero attached hydrogens (tertiary/aromatic N) is 3. The van der Waals surface area contributed by atoms with Crippen molar-refractivity contribution in [1.82, 2.24) is 15.1 Å². The fourth-order valence-corrected chi connectivity index (χ4v) is 1.17. The minimum atomic E-state index is -0.968. The SMILES string of the molecule is Cn1ccc(CCNC(=O)C(C)(C)C#N)n1. The van der Waals surface area contributed by atoms with E-state index in [-0.39, 0.29) is 5.91 Å². The zero-order valence-electron chi connectivity index (χ0n) is 9.82. The van der Waals surface area contributed by atoms with Gasteiger partial charge >= 0.3 is 0 Å². The highest BCUT2D eigenvalue weighted by molar-refractivity contribution is 5.84. The van der Waals surface area contributed by atoms with Crippen molar-refractivity contribution in [3.05, 3.63) is 18.0 Å². The van der Waals surface area contributed by atoms with Gasteiger partial charge in [0, 0.05) is 26.2 Å². The topological polar surface area (TPSA) is 70.7 Å². The second kappa shape index (κ2) is 4.79. The fraction of sp³-hybridized carbons (Fsp3) is 0.545. The highest BCUT2D eigenvalue weighted by atomic mass is 16.2. The van der Waals surface area contributed by atoms with E-state index >= 15 is 0 Å². The summed E-state index contributed by atoms with van der Waals surface area (Å²) >= 11 is 0. The van der Waals surface area contributed by atoms with Crippen LogP contribution in [0.3, 0.4) is 0 Å². The number of amides is 1. The quantitative estimate of drug-likeness (QED) is 0.809. The van der Waals surface area contributed by atoms with Crippen LogP contribution < -0.4 is 5.32 Å². The van der Waals surface area contributed by atoms with E-state index in [9.17, 15) is 4.79 Å². The van der Waals surface area contributed by atoms with Crippen molar-refractivity contribution in [2.75, 3.05) is 6.54 Å². The van der Waals surface area contributed by atoms with Gasteiger partial charge < -0.3 is 5.32 Å². The molecule has 1 aromatic heterocycles. The lowest BCUT2D eigenvalue weighted by Gasteiger charge is -2.14. The van der Waals surface area contributed by atoms with E-state index in [1.807, 2.05) is 25.4 Å². The van der Waals surface area contributed by atoms with Gasteiger partial charge in [-0.3, -0.25) is 9.48 Å². The number of rotatable bonds is 4. The maximum absolute atomic E-state index is 11.5. The second-order valence-electron chi connectivity index (χ2n) is 4.22. The molecule has 1 N–H and O–H groups in total. The molecule has 0 saturated carbocycles. The molecule has 1 heterocycles. The summed E-state index contributed by atoms with van der Waals surface area (Å²) in [4.78, 5) is 11.5. The maximum Gasteiger partial charge on any atom is 0.239 e. The number of nitriles is 1. The van der Waals surface area contributed by atoms with Crippen molar-refractivity contribution in [3.8, 4) is 6.07 Å². The van der Waals surface area contributed by atoms with E-state index in [1.54, 1.807) is 18.5 Å². The third-order valence-corrected chi connectivity index (χ3v) is 2.28. The van der Waals surface area contributed by atoms with Crippen molar-refractivity contribution in [1.29, 1.82) is 5.26 Å². The maximum atomic E-state index is 11.5. The fourth-order valence-electron chi connectivity index (χ4n) is 1.17. The van der Waals surface area contributed by atoms with Crippen LogP contribution in [0.1, 0.15) is 19.5 Å². The van der Waals surface area contributed by atoms with Crippen LogP contribution in [0.15, 0.2) is 12.3 Å². The highest BCUT2D eigenvalue weighted by Gasteiger charge is 2.26. The largest absolute Gasteiger partial charge is 0.354 e. The van der Waals surface area contributed by atoms with Gasteiger partial charge in [-0.05, 0) is 19.9 Å². The van der Waals surface area contributed by atoms with Crippen LogP contribution in [-0.2, 0) is 18.3 Å². The smallest absolute Gasteiger partial charge is 0.239 e. The van der Waals surface area contributed by atoms with Gasteiger partial charge in [-0.2, -0.15) is 10.4 Å². The van der Waals surface area contributed by atoms with Crippen molar-refractivity contribution < 1.29 is 4.79 Å². The van der Waals surface area contributed by atoms with Gasteiger partial charge in [-0.1, -0.05) is 0 Å². The first-order chi connectivity index (χ1) is 7.45. The Labute approximate surface area is 95.1 Å². The van der Waals surface area contributed by atoms with Crippen LogP contribution >= 0.6 is 0 Å². The number of aryl methyl sites for hydroxylation is 1. The molecule has 1 rings (SSSR count). The molecule has 5 nitrogen and oxygen atoms in total. The van der Waals surface area contributed by atoms with Crippen LogP contribution in [0.5, 0.6) is 0 Å². The molecule has 1 aromatic rings. The molecule has 86 valence electrons. The normalized spacial score (nSPS) is 10.9. The van der Waals surface area contributed by atoms with Gasteiger partial charge in [0.1, 0.15) is 5.41 Å². The van der Waals surface area contributed by atoms with Gasteiger partial charge in [0.15, 0.2) is 0 Å². The molecule has 0 aliphatic carbocycles. The molecule has 0 atom stereocenters. The Balaban J connectivity index is 2.37. The standard InChI is InChI=1S/C11H16N4O/c1-11(2,8-12)10(16)13-6-4-9-5-7-15(3)14-9/h5,7H,4,6H2,1-3H3,(H,13,16).